The van der Waals surface area contributed by atoms with Crippen LogP contribution < -0.4 is 10.0 Å². The second kappa shape index (κ2) is 7.01. The molecular formula is C18H17FN6O3S. The van der Waals surface area contributed by atoms with Gasteiger partial charge in [-0.1, -0.05) is 0 Å². The zero-order valence-electron chi connectivity index (χ0n) is 15.4. The Morgan fingerprint density at radius 2 is 2.03 bits per heavy atom. The van der Waals surface area contributed by atoms with E-state index in [0.29, 0.717) is 35.6 Å². The minimum Gasteiger partial charge on any atom is -0.310 e. The molecule has 0 unspecified atom stereocenters. The standard InChI is InChI=1S/C18H17FN6O3S/c1-11-8-13(2-4-15(11)19)18-21-23-25(22-18)10-17(26)24-7-6-12-9-14(29(20,27)28)3-5-16(12)24/h2-5,8-9H,6-7,10H2,1H3,(H2,20,27,28). The molecule has 1 amide bonds. The third kappa shape index (κ3) is 3.74. The molecule has 0 aliphatic carbocycles. The molecule has 0 radical (unpaired) electrons. The van der Waals surface area contributed by atoms with Crippen LogP contribution in [0, 0.1) is 12.7 Å². The van der Waals surface area contributed by atoms with E-state index in [1.54, 1.807) is 30.0 Å². The Kier molecular flexibility index (Phi) is 4.63. The molecule has 2 heterocycles. The average molecular weight is 416 g/mol. The maximum atomic E-state index is 13.4. The van der Waals surface area contributed by atoms with E-state index in [2.05, 4.69) is 15.4 Å². The molecule has 0 bridgehead atoms. The number of rotatable bonds is 4. The number of hydrogen-bond donors (Lipinski definition) is 1. The number of fused-ring (bicyclic) bond motifs is 1. The third-order valence-corrected chi connectivity index (χ3v) is 5.63. The molecular weight excluding hydrogens is 399 g/mol. The Bertz CT molecular complexity index is 1220. The Hall–Kier alpha value is -3.18. The van der Waals surface area contributed by atoms with Crippen LogP contribution in [0.25, 0.3) is 11.4 Å². The minimum atomic E-state index is -3.80. The highest BCUT2D eigenvalue weighted by atomic mass is 32.2. The lowest BCUT2D eigenvalue weighted by Gasteiger charge is -2.16. The summed E-state index contributed by atoms with van der Waals surface area (Å²) in [4.78, 5) is 15.4. The molecule has 9 nitrogen and oxygen atoms in total. The number of carbonyl (C=O) groups excluding carboxylic acids is 1. The van der Waals surface area contributed by atoms with Crippen LogP contribution in [0.15, 0.2) is 41.3 Å². The van der Waals surface area contributed by atoms with E-state index >= 15 is 0 Å². The van der Waals surface area contributed by atoms with Gasteiger partial charge in [0.15, 0.2) is 0 Å². The van der Waals surface area contributed by atoms with Crippen molar-refractivity contribution in [2.45, 2.75) is 24.8 Å². The summed E-state index contributed by atoms with van der Waals surface area (Å²) >= 11 is 0. The molecule has 0 saturated heterocycles. The van der Waals surface area contributed by atoms with Crippen molar-refractivity contribution in [3.8, 4) is 11.4 Å². The monoisotopic (exact) mass is 416 g/mol. The number of nitrogens with two attached hydrogens (primary N) is 1. The van der Waals surface area contributed by atoms with Gasteiger partial charge in [0.1, 0.15) is 12.4 Å². The van der Waals surface area contributed by atoms with E-state index in [-0.39, 0.29) is 23.2 Å². The summed E-state index contributed by atoms with van der Waals surface area (Å²) in [7, 11) is -3.80. The van der Waals surface area contributed by atoms with Crippen LogP contribution in [0.5, 0.6) is 0 Å². The number of hydrogen-bond acceptors (Lipinski definition) is 6. The lowest BCUT2D eigenvalue weighted by Crippen LogP contribution is -2.33. The molecule has 150 valence electrons. The smallest absolute Gasteiger partial charge is 0.250 e. The van der Waals surface area contributed by atoms with Crippen LogP contribution in [0.3, 0.4) is 0 Å². The molecule has 11 heteroatoms. The molecule has 2 N–H and O–H groups in total. The first kappa shape index (κ1) is 19.2. The van der Waals surface area contributed by atoms with Crippen molar-refractivity contribution in [2.75, 3.05) is 11.4 Å². The average Bonchev–Trinajstić information content (AvgIpc) is 3.29. The quantitative estimate of drug-likeness (QED) is 0.677. The Morgan fingerprint density at radius 1 is 1.24 bits per heavy atom. The van der Waals surface area contributed by atoms with Gasteiger partial charge in [-0.2, -0.15) is 4.80 Å². The van der Waals surface area contributed by atoms with Crippen LogP contribution in [0.4, 0.5) is 10.1 Å². The number of tetrazole rings is 1. The third-order valence-electron chi connectivity index (χ3n) is 4.72. The summed E-state index contributed by atoms with van der Waals surface area (Å²) in [5, 5.41) is 17.2. The van der Waals surface area contributed by atoms with Crippen LogP contribution in [-0.4, -0.2) is 41.1 Å². The van der Waals surface area contributed by atoms with Gasteiger partial charge in [-0.15, -0.1) is 10.2 Å². The number of aryl methyl sites for hydroxylation is 1. The first-order chi connectivity index (χ1) is 13.7. The summed E-state index contributed by atoms with van der Waals surface area (Å²) in [5.74, 6) is -0.290. The van der Waals surface area contributed by atoms with Crippen molar-refractivity contribution in [3.63, 3.8) is 0 Å². The normalized spacial score (nSPS) is 13.6. The van der Waals surface area contributed by atoms with Gasteiger partial charge in [-0.25, -0.2) is 17.9 Å². The lowest BCUT2D eigenvalue weighted by molar-refractivity contribution is -0.119. The van der Waals surface area contributed by atoms with Crippen molar-refractivity contribution in [1.82, 2.24) is 20.2 Å². The Labute approximate surface area is 166 Å². The predicted octanol–water partition coefficient (Wildman–Crippen LogP) is 1.02. The van der Waals surface area contributed by atoms with Crippen LogP contribution in [0.2, 0.25) is 0 Å². The van der Waals surface area contributed by atoms with Gasteiger partial charge < -0.3 is 4.90 Å². The van der Waals surface area contributed by atoms with Crippen LogP contribution >= 0.6 is 0 Å². The molecule has 0 atom stereocenters. The maximum Gasteiger partial charge on any atom is 0.250 e. The number of sulfonamides is 1. The lowest BCUT2D eigenvalue weighted by atomic mass is 10.1. The maximum absolute atomic E-state index is 13.4. The fraction of sp³-hybridized carbons (Fsp3) is 0.222. The largest absolute Gasteiger partial charge is 0.310 e. The summed E-state index contributed by atoms with van der Waals surface area (Å²) in [5.41, 5.74) is 2.43. The number of aromatic nitrogens is 4. The van der Waals surface area contributed by atoms with Gasteiger partial charge in [0.2, 0.25) is 15.8 Å². The Morgan fingerprint density at radius 3 is 2.76 bits per heavy atom. The molecule has 1 aliphatic heterocycles. The molecule has 3 aromatic rings. The summed E-state index contributed by atoms with van der Waals surface area (Å²) in [6, 6.07) is 8.92. The van der Waals surface area contributed by atoms with Gasteiger partial charge >= 0.3 is 0 Å². The highest BCUT2D eigenvalue weighted by Crippen LogP contribution is 2.30. The zero-order valence-corrected chi connectivity index (χ0v) is 16.2. The molecule has 2 aromatic carbocycles. The molecule has 1 aliphatic rings. The highest BCUT2D eigenvalue weighted by Gasteiger charge is 2.26. The first-order valence-corrected chi connectivity index (χ1v) is 10.3. The SMILES string of the molecule is Cc1cc(-c2nnn(CC(=O)N3CCc4cc(S(N)(=O)=O)ccc43)n2)ccc1F. The van der Waals surface area contributed by atoms with Gasteiger partial charge in [-0.05, 0) is 66.1 Å². The van der Waals surface area contributed by atoms with Crippen LogP contribution in [-0.2, 0) is 27.8 Å². The van der Waals surface area contributed by atoms with E-state index in [0.717, 1.165) is 5.56 Å². The van der Waals surface area contributed by atoms with Gasteiger partial charge in [0.05, 0.1) is 4.90 Å². The van der Waals surface area contributed by atoms with Crippen molar-refractivity contribution in [1.29, 1.82) is 0 Å². The number of benzene rings is 2. The van der Waals surface area contributed by atoms with E-state index in [9.17, 15) is 17.6 Å². The van der Waals surface area contributed by atoms with Crippen molar-refractivity contribution >= 4 is 21.6 Å². The van der Waals surface area contributed by atoms with E-state index in [4.69, 9.17) is 5.14 Å². The highest BCUT2D eigenvalue weighted by molar-refractivity contribution is 7.89. The second-order valence-corrected chi connectivity index (χ2v) is 8.30. The molecule has 0 fully saturated rings. The second-order valence-electron chi connectivity index (χ2n) is 6.74. The van der Waals surface area contributed by atoms with Crippen molar-refractivity contribution < 1.29 is 17.6 Å². The summed E-state index contributed by atoms with van der Waals surface area (Å²) in [6.07, 6.45) is 0.523. The molecule has 4 rings (SSSR count). The van der Waals surface area contributed by atoms with Crippen molar-refractivity contribution in [2.24, 2.45) is 5.14 Å². The molecule has 0 spiro atoms. The number of carbonyl (C=O) groups is 1. The van der Waals surface area contributed by atoms with E-state index in [1.807, 2.05) is 0 Å². The number of anilines is 1. The first-order valence-electron chi connectivity index (χ1n) is 8.73. The fourth-order valence-corrected chi connectivity index (χ4v) is 3.79. The summed E-state index contributed by atoms with van der Waals surface area (Å²) < 4.78 is 36.4. The fourth-order valence-electron chi connectivity index (χ4n) is 3.23. The Balaban J connectivity index is 1.52. The van der Waals surface area contributed by atoms with E-state index in [1.165, 1.54) is 23.0 Å². The van der Waals surface area contributed by atoms with E-state index < -0.39 is 10.0 Å². The minimum absolute atomic E-state index is 0.0164. The number of halogens is 1. The number of nitrogens with zero attached hydrogens (tertiary/aromatic N) is 5. The van der Waals surface area contributed by atoms with Gasteiger partial charge in [-0.3, -0.25) is 4.79 Å². The molecule has 0 saturated carbocycles. The number of primary sulfonamides is 1. The van der Waals surface area contributed by atoms with Gasteiger partial charge in [0.25, 0.3) is 5.91 Å². The predicted molar refractivity (Wildman–Crippen MR) is 102 cm³/mol. The van der Waals surface area contributed by atoms with Crippen molar-refractivity contribution in [3.05, 3.63) is 53.3 Å². The topological polar surface area (TPSA) is 124 Å². The van der Waals surface area contributed by atoms with Crippen LogP contribution in [0.1, 0.15) is 11.1 Å². The molecule has 29 heavy (non-hydrogen) atoms. The number of amides is 1. The molecule has 1 aromatic heterocycles. The zero-order chi connectivity index (χ0) is 20.8. The summed E-state index contributed by atoms with van der Waals surface area (Å²) in [6.45, 7) is 1.92. The van der Waals surface area contributed by atoms with Gasteiger partial charge in [0, 0.05) is 17.8 Å².